The second kappa shape index (κ2) is 5.21. The molecule has 0 aromatic heterocycles. The SMILES string of the molecule is Fc1cc(F)c(C(Cl)c2ccccc2Cl)cc1F. The molecule has 2 aromatic carbocycles. The highest BCUT2D eigenvalue weighted by molar-refractivity contribution is 6.33. The summed E-state index contributed by atoms with van der Waals surface area (Å²) in [5.41, 5.74) is 0.286. The molecule has 94 valence electrons. The van der Waals surface area contributed by atoms with Crippen LogP contribution in [0, 0.1) is 17.5 Å². The van der Waals surface area contributed by atoms with Gasteiger partial charge in [-0.15, -0.1) is 11.6 Å². The van der Waals surface area contributed by atoms with Crippen LogP contribution >= 0.6 is 23.2 Å². The summed E-state index contributed by atoms with van der Waals surface area (Å²) >= 11 is 12.0. The molecule has 1 atom stereocenters. The van der Waals surface area contributed by atoms with Crippen LogP contribution in [0.25, 0.3) is 0 Å². The van der Waals surface area contributed by atoms with E-state index < -0.39 is 22.8 Å². The van der Waals surface area contributed by atoms with Gasteiger partial charge in [-0.2, -0.15) is 0 Å². The fraction of sp³-hybridized carbons (Fsp3) is 0.0769. The smallest absolute Gasteiger partial charge is 0.161 e. The number of alkyl halides is 1. The molecule has 2 rings (SSSR count). The summed E-state index contributed by atoms with van der Waals surface area (Å²) in [6.45, 7) is 0. The van der Waals surface area contributed by atoms with Crippen molar-refractivity contribution in [3.05, 3.63) is 70.0 Å². The zero-order chi connectivity index (χ0) is 13.3. The average molecular weight is 291 g/mol. The molecule has 0 saturated carbocycles. The van der Waals surface area contributed by atoms with Crippen LogP contribution in [0.2, 0.25) is 5.02 Å². The largest absolute Gasteiger partial charge is 0.207 e. The van der Waals surface area contributed by atoms with E-state index in [-0.39, 0.29) is 5.56 Å². The van der Waals surface area contributed by atoms with Crippen molar-refractivity contribution < 1.29 is 13.2 Å². The maximum absolute atomic E-state index is 13.6. The van der Waals surface area contributed by atoms with Gasteiger partial charge in [0.15, 0.2) is 11.6 Å². The van der Waals surface area contributed by atoms with Gasteiger partial charge in [0.1, 0.15) is 5.82 Å². The van der Waals surface area contributed by atoms with Gasteiger partial charge >= 0.3 is 0 Å². The van der Waals surface area contributed by atoms with Crippen LogP contribution in [0.3, 0.4) is 0 Å². The minimum Gasteiger partial charge on any atom is -0.207 e. The molecule has 0 fully saturated rings. The van der Waals surface area contributed by atoms with E-state index in [0.29, 0.717) is 16.7 Å². The Hall–Kier alpha value is -1.19. The van der Waals surface area contributed by atoms with Gasteiger partial charge in [-0.3, -0.25) is 0 Å². The molecule has 18 heavy (non-hydrogen) atoms. The highest BCUT2D eigenvalue weighted by Crippen LogP contribution is 2.35. The zero-order valence-corrected chi connectivity index (χ0v) is 10.4. The summed E-state index contributed by atoms with van der Waals surface area (Å²) in [5.74, 6) is -3.31. The normalized spacial score (nSPS) is 12.5. The minimum absolute atomic E-state index is 0.149. The highest BCUT2D eigenvalue weighted by atomic mass is 35.5. The van der Waals surface area contributed by atoms with E-state index in [1.165, 1.54) is 0 Å². The van der Waals surface area contributed by atoms with Crippen LogP contribution in [-0.4, -0.2) is 0 Å². The summed E-state index contributed by atoms with van der Waals surface area (Å²) in [4.78, 5) is 0. The van der Waals surface area contributed by atoms with Crippen LogP contribution in [0.5, 0.6) is 0 Å². The molecule has 0 radical (unpaired) electrons. The summed E-state index contributed by atoms with van der Waals surface area (Å²) in [6.07, 6.45) is 0. The first-order valence-corrected chi connectivity index (χ1v) is 5.85. The Morgan fingerprint density at radius 2 is 1.44 bits per heavy atom. The third-order valence-corrected chi connectivity index (χ3v) is 3.31. The first-order valence-electron chi connectivity index (χ1n) is 5.03. The first-order chi connectivity index (χ1) is 8.50. The summed E-state index contributed by atoms with van der Waals surface area (Å²) < 4.78 is 39.5. The fourth-order valence-electron chi connectivity index (χ4n) is 1.58. The van der Waals surface area contributed by atoms with Gasteiger partial charge in [-0.1, -0.05) is 29.8 Å². The molecule has 0 heterocycles. The van der Waals surface area contributed by atoms with Gasteiger partial charge in [0, 0.05) is 16.7 Å². The third-order valence-electron chi connectivity index (χ3n) is 2.49. The zero-order valence-electron chi connectivity index (χ0n) is 8.93. The van der Waals surface area contributed by atoms with E-state index in [0.717, 1.165) is 6.07 Å². The number of halogens is 5. The van der Waals surface area contributed by atoms with Gasteiger partial charge < -0.3 is 0 Å². The molecule has 0 bridgehead atoms. The first kappa shape index (κ1) is 13.2. The molecule has 0 aliphatic heterocycles. The second-order valence-electron chi connectivity index (χ2n) is 3.67. The Morgan fingerprint density at radius 3 is 2.11 bits per heavy atom. The minimum atomic E-state index is -1.25. The molecule has 5 heteroatoms. The van der Waals surface area contributed by atoms with Crippen LogP contribution < -0.4 is 0 Å². The summed E-state index contributed by atoms with van der Waals surface area (Å²) in [7, 11) is 0. The quantitative estimate of drug-likeness (QED) is 0.534. The molecule has 0 N–H and O–H groups in total. The van der Waals surface area contributed by atoms with E-state index >= 15 is 0 Å². The van der Waals surface area contributed by atoms with Gasteiger partial charge in [-0.25, -0.2) is 13.2 Å². The van der Waals surface area contributed by atoms with E-state index in [1.54, 1.807) is 24.3 Å². The Labute approximate surface area is 112 Å². The Bertz CT molecular complexity index is 584. The van der Waals surface area contributed by atoms with E-state index in [9.17, 15) is 13.2 Å². The number of hydrogen-bond donors (Lipinski definition) is 0. The number of rotatable bonds is 2. The molecule has 1 unspecified atom stereocenters. The number of benzene rings is 2. The van der Waals surface area contributed by atoms with Crippen LogP contribution in [0.1, 0.15) is 16.5 Å². The van der Waals surface area contributed by atoms with Gasteiger partial charge in [0.25, 0.3) is 0 Å². The third kappa shape index (κ3) is 2.47. The second-order valence-corrected chi connectivity index (χ2v) is 4.52. The Balaban J connectivity index is 2.50. The van der Waals surface area contributed by atoms with Gasteiger partial charge in [-0.05, 0) is 17.7 Å². The van der Waals surface area contributed by atoms with Gasteiger partial charge in [0.2, 0.25) is 0 Å². The van der Waals surface area contributed by atoms with Crippen molar-refractivity contribution in [3.8, 4) is 0 Å². The maximum atomic E-state index is 13.6. The highest BCUT2D eigenvalue weighted by Gasteiger charge is 2.20. The van der Waals surface area contributed by atoms with Gasteiger partial charge in [0.05, 0.1) is 5.38 Å². The molecule has 2 aromatic rings. The molecule has 0 aliphatic carbocycles. The molecule has 0 nitrogen and oxygen atoms in total. The lowest BCUT2D eigenvalue weighted by Gasteiger charge is -2.13. The standard InChI is InChI=1S/C13H7Cl2F3/c14-9-4-2-1-3-7(9)13(15)8-5-11(17)12(18)6-10(8)16/h1-6,13H. The molecular weight excluding hydrogens is 284 g/mol. The van der Waals surface area contributed by atoms with Crippen molar-refractivity contribution >= 4 is 23.2 Å². The van der Waals surface area contributed by atoms with Crippen molar-refractivity contribution in [2.45, 2.75) is 5.38 Å². The molecule has 0 amide bonds. The lowest BCUT2D eigenvalue weighted by molar-refractivity contribution is 0.490. The monoisotopic (exact) mass is 290 g/mol. The average Bonchev–Trinajstić information content (AvgIpc) is 2.33. The molecule has 0 saturated heterocycles. The van der Waals surface area contributed by atoms with Crippen molar-refractivity contribution in [1.29, 1.82) is 0 Å². The summed E-state index contributed by atoms with van der Waals surface area (Å²) in [6, 6.07) is 7.76. The maximum Gasteiger partial charge on any atom is 0.161 e. The van der Waals surface area contributed by atoms with Crippen molar-refractivity contribution in [3.63, 3.8) is 0 Å². The topological polar surface area (TPSA) is 0 Å². The van der Waals surface area contributed by atoms with Crippen LogP contribution in [-0.2, 0) is 0 Å². The van der Waals surface area contributed by atoms with Crippen molar-refractivity contribution in [2.24, 2.45) is 0 Å². The molecule has 0 aliphatic rings. The van der Waals surface area contributed by atoms with Crippen LogP contribution in [0.4, 0.5) is 13.2 Å². The number of hydrogen-bond acceptors (Lipinski definition) is 0. The van der Waals surface area contributed by atoms with E-state index in [2.05, 4.69) is 0 Å². The van der Waals surface area contributed by atoms with E-state index in [1.807, 2.05) is 0 Å². The van der Waals surface area contributed by atoms with Crippen molar-refractivity contribution in [1.82, 2.24) is 0 Å². The predicted octanol–water partition coefficient (Wildman–Crippen LogP) is 5.09. The lowest BCUT2D eigenvalue weighted by Crippen LogP contribution is -2.00. The molecule has 0 spiro atoms. The van der Waals surface area contributed by atoms with Crippen molar-refractivity contribution in [2.75, 3.05) is 0 Å². The lowest BCUT2D eigenvalue weighted by atomic mass is 10.0. The Kier molecular flexibility index (Phi) is 3.83. The Morgan fingerprint density at radius 1 is 0.833 bits per heavy atom. The fourth-order valence-corrected chi connectivity index (χ4v) is 2.24. The van der Waals surface area contributed by atoms with Crippen LogP contribution in [0.15, 0.2) is 36.4 Å². The molecular formula is C13H7Cl2F3. The van der Waals surface area contributed by atoms with E-state index in [4.69, 9.17) is 23.2 Å². The predicted molar refractivity (Wildman–Crippen MR) is 65.5 cm³/mol. The summed E-state index contributed by atoms with van der Waals surface area (Å²) in [5, 5.41) is -0.643.